The number of hydrogen-bond donors (Lipinski definition) is 2. The molecule has 1 fully saturated rings. The van der Waals surface area contributed by atoms with Gasteiger partial charge < -0.3 is 19.7 Å². The highest BCUT2D eigenvalue weighted by molar-refractivity contribution is 5.94. The molecular weight excluding hydrogens is 290 g/mol. The summed E-state index contributed by atoms with van der Waals surface area (Å²) in [6, 6.07) is 7.77. The first-order valence-electron chi connectivity index (χ1n) is 8.36. The van der Waals surface area contributed by atoms with E-state index in [1.165, 1.54) is 12.8 Å². The van der Waals surface area contributed by atoms with Gasteiger partial charge in [-0.3, -0.25) is 4.79 Å². The van der Waals surface area contributed by atoms with Crippen LogP contribution < -0.4 is 10.2 Å². The number of pyridine rings is 1. The van der Waals surface area contributed by atoms with Crippen LogP contribution in [0.15, 0.2) is 30.5 Å². The average Bonchev–Trinajstić information content (AvgIpc) is 3.27. The fourth-order valence-corrected chi connectivity index (χ4v) is 2.86. The first-order valence-corrected chi connectivity index (χ1v) is 8.36. The predicted octanol–water partition coefficient (Wildman–Crippen LogP) is 2.29. The van der Waals surface area contributed by atoms with Gasteiger partial charge in [-0.2, -0.15) is 0 Å². The minimum atomic E-state index is -0.195. The zero-order valence-corrected chi connectivity index (χ0v) is 13.8. The van der Waals surface area contributed by atoms with Gasteiger partial charge in [-0.25, -0.2) is 0 Å². The second kappa shape index (κ2) is 6.62. The van der Waals surface area contributed by atoms with Crippen molar-refractivity contribution < 1.29 is 9.90 Å². The second-order valence-electron chi connectivity index (χ2n) is 6.49. The Hall–Kier alpha value is -2.01. The van der Waals surface area contributed by atoms with Crippen LogP contribution in [-0.2, 0) is 0 Å². The molecule has 0 radical (unpaired) electrons. The Morgan fingerprint density at radius 2 is 2.13 bits per heavy atom. The number of amides is 1. The van der Waals surface area contributed by atoms with Gasteiger partial charge in [0.1, 0.15) is 5.82 Å². The molecule has 2 N–H and O–H groups in total. The van der Waals surface area contributed by atoms with Crippen LogP contribution in [0.25, 0.3) is 5.52 Å². The van der Waals surface area contributed by atoms with Gasteiger partial charge in [-0.05, 0) is 49.4 Å². The van der Waals surface area contributed by atoms with Crippen molar-refractivity contribution in [2.75, 3.05) is 25.1 Å². The molecule has 1 amide bonds. The Bertz CT molecular complexity index is 687. The van der Waals surface area contributed by atoms with Crippen molar-refractivity contribution in [3.63, 3.8) is 0 Å². The van der Waals surface area contributed by atoms with Gasteiger partial charge in [0, 0.05) is 25.3 Å². The molecule has 0 aliphatic heterocycles. The molecule has 1 aliphatic rings. The highest BCUT2D eigenvalue weighted by atomic mass is 16.3. The molecule has 1 aliphatic carbocycles. The quantitative estimate of drug-likeness (QED) is 0.824. The number of anilines is 1. The van der Waals surface area contributed by atoms with Crippen LogP contribution >= 0.6 is 0 Å². The number of hydrogen-bond acceptors (Lipinski definition) is 3. The predicted molar refractivity (Wildman–Crippen MR) is 92.0 cm³/mol. The third kappa shape index (κ3) is 3.50. The first-order chi connectivity index (χ1) is 11.1. The lowest BCUT2D eigenvalue weighted by atomic mass is 10.2. The molecule has 5 heteroatoms. The standard InChI is InChI=1S/C18H25N3O2/c1-3-15(12-22)19-18(23)14-6-7-16-8-9-17(21(16)11-14)20(2)10-13-4-5-13/h6-9,11,13,15,22H,3-5,10,12H2,1-2H3,(H,19,23)/t15-/m0/s1. The number of aliphatic hydroxyl groups excluding tert-OH is 1. The van der Waals surface area contributed by atoms with E-state index in [1.807, 2.05) is 25.3 Å². The summed E-state index contributed by atoms with van der Waals surface area (Å²) in [5.74, 6) is 1.78. The summed E-state index contributed by atoms with van der Waals surface area (Å²) in [5, 5.41) is 12.1. The van der Waals surface area contributed by atoms with E-state index in [2.05, 4.69) is 33.8 Å². The highest BCUT2D eigenvalue weighted by Crippen LogP contribution is 2.31. The van der Waals surface area contributed by atoms with E-state index < -0.39 is 0 Å². The number of carbonyl (C=O) groups is 1. The normalized spacial score (nSPS) is 15.6. The van der Waals surface area contributed by atoms with E-state index in [9.17, 15) is 9.90 Å². The largest absolute Gasteiger partial charge is 0.394 e. The molecule has 2 aromatic rings. The highest BCUT2D eigenvalue weighted by Gasteiger charge is 2.24. The van der Waals surface area contributed by atoms with E-state index >= 15 is 0 Å². The topological polar surface area (TPSA) is 57.0 Å². The van der Waals surface area contributed by atoms with Gasteiger partial charge in [0.2, 0.25) is 0 Å². The number of carbonyl (C=O) groups excluding carboxylic acids is 1. The zero-order valence-electron chi connectivity index (χ0n) is 13.8. The van der Waals surface area contributed by atoms with Crippen LogP contribution in [0.5, 0.6) is 0 Å². The van der Waals surface area contributed by atoms with Gasteiger partial charge in [0.15, 0.2) is 0 Å². The molecule has 124 valence electrons. The molecule has 0 unspecified atom stereocenters. The lowest BCUT2D eigenvalue weighted by Gasteiger charge is -2.19. The first kappa shape index (κ1) is 15.9. The number of nitrogens with zero attached hydrogens (tertiary/aromatic N) is 2. The number of fused-ring (bicyclic) bond motifs is 1. The maximum Gasteiger partial charge on any atom is 0.253 e. The molecule has 1 saturated carbocycles. The summed E-state index contributed by atoms with van der Waals surface area (Å²) in [6.07, 6.45) is 5.23. The van der Waals surface area contributed by atoms with Crippen molar-refractivity contribution in [2.24, 2.45) is 5.92 Å². The fourth-order valence-electron chi connectivity index (χ4n) is 2.86. The lowest BCUT2D eigenvalue weighted by Crippen LogP contribution is -2.37. The Morgan fingerprint density at radius 1 is 1.39 bits per heavy atom. The smallest absolute Gasteiger partial charge is 0.253 e. The molecule has 5 nitrogen and oxygen atoms in total. The second-order valence-corrected chi connectivity index (χ2v) is 6.49. The Morgan fingerprint density at radius 3 is 2.78 bits per heavy atom. The summed E-state index contributed by atoms with van der Waals surface area (Å²) < 4.78 is 2.07. The van der Waals surface area contributed by atoms with Crippen molar-refractivity contribution >= 4 is 17.2 Å². The van der Waals surface area contributed by atoms with Crippen molar-refractivity contribution in [2.45, 2.75) is 32.2 Å². The summed E-state index contributed by atoms with van der Waals surface area (Å²) in [5.41, 5.74) is 1.69. The third-order valence-corrected chi connectivity index (χ3v) is 4.56. The molecule has 1 atom stereocenters. The minimum absolute atomic E-state index is 0.0383. The van der Waals surface area contributed by atoms with Gasteiger partial charge in [-0.15, -0.1) is 0 Å². The maximum atomic E-state index is 12.4. The zero-order chi connectivity index (χ0) is 16.4. The van der Waals surface area contributed by atoms with Crippen molar-refractivity contribution in [3.05, 3.63) is 36.0 Å². The molecular formula is C18H25N3O2. The SMILES string of the molecule is CC[C@@H](CO)NC(=O)c1ccc2ccc(N(C)CC3CC3)n2c1. The average molecular weight is 315 g/mol. The Balaban J connectivity index is 1.83. The summed E-state index contributed by atoms with van der Waals surface area (Å²) in [6.45, 7) is 2.97. The van der Waals surface area contributed by atoms with E-state index in [0.29, 0.717) is 12.0 Å². The number of nitrogens with one attached hydrogen (secondary N) is 1. The molecule has 0 aromatic carbocycles. The van der Waals surface area contributed by atoms with Crippen LogP contribution in [-0.4, -0.2) is 41.7 Å². The lowest BCUT2D eigenvalue weighted by molar-refractivity contribution is 0.0914. The molecule has 0 spiro atoms. The molecule has 3 rings (SSSR count). The van der Waals surface area contributed by atoms with Crippen LogP contribution in [0.2, 0.25) is 0 Å². The van der Waals surface area contributed by atoms with E-state index in [-0.39, 0.29) is 18.6 Å². The van der Waals surface area contributed by atoms with Crippen molar-refractivity contribution in [1.29, 1.82) is 0 Å². The maximum absolute atomic E-state index is 12.4. The van der Waals surface area contributed by atoms with Crippen LogP contribution in [0.3, 0.4) is 0 Å². The van der Waals surface area contributed by atoms with E-state index in [1.54, 1.807) is 0 Å². The Kier molecular flexibility index (Phi) is 4.57. The molecule has 2 aromatic heterocycles. The van der Waals surface area contributed by atoms with Gasteiger partial charge in [-0.1, -0.05) is 6.92 Å². The van der Waals surface area contributed by atoms with E-state index in [0.717, 1.165) is 23.8 Å². The number of rotatable bonds is 7. The molecule has 0 saturated heterocycles. The summed E-state index contributed by atoms with van der Waals surface area (Å²) in [4.78, 5) is 14.6. The van der Waals surface area contributed by atoms with Gasteiger partial charge in [0.25, 0.3) is 5.91 Å². The Labute approximate surface area is 136 Å². The van der Waals surface area contributed by atoms with Crippen LogP contribution in [0.1, 0.15) is 36.5 Å². The molecule has 2 heterocycles. The van der Waals surface area contributed by atoms with Crippen molar-refractivity contribution in [1.82, 2.24) is 9.72 Å². The summed E-state index contributed by atoms with van der Waals surface area (Å²) in [7, 11) is 2.10. The minimum Gasteiger partial charge on any atom is -0.394 e. The monoisotopic (exact) mass is 315 g/mol. The molecule has 0 bridgehead atoms. The molecule has 23 heavy (non-hydrogen) atoms. The number of aliphatic hydroxyl groups is 1. The number of aromatic nitrogens is 1. The third-order valence-electron chi connectivity index (χ3n) is 4.56. The van der Waals surface area contributed by atoms with Crippen LogP contribution in [0.4, 0.5) is 5.82 Å². The van der Waals surface area contributed by atoms with Gasteiger partial charge in [0.05, 0.1) is 18.2 Å². The van der Waals surface area contributed by atoms with Crippen molar-refractivity contribution in [3.8, 4) is 0 Å². The fraction of sp³-hybridized carbons (Fsp3) is 0.500. The van der Waals surface area contributed by atoms with E-state index in [4.69, 9.17) is 0 Å². The van der Waals surface area contributed by atoms with Crippen LogP contribution in [0, 0.1) is 5.92 Å². The van der Waals surface area contributed by atoms with Gasteiger partial charge >= 0.3 is 0 Å². The summed E-state index contributed by atoms with van der Waals surface area (Å²) >= 11 is 0.